The lowest BCUT2D eigenvalue weighted by molar-refractivity contribution is -0.0289. The number of hydrogen-bond acceptors (Lipinski definition) is 5. The van der Waals surface area contributed by atoms with Crippen LogP contribution >= 0.6 is 10.7 Å². The van der Waals surface area contributed by atoms with Gasteiger partial charge in [-0.05, 0) is 12.0 Å². The van der Waals surface area contributed by atoms with E-state index in [4.69, 9.17) is 20.2 Å². The van der Waals surface area contributed by atoms with Crippen LogP contribution in [0.25, 0.3) is 0 Å². The third kappa shape index (κ3) is 5.82. The molecule has 1 unspecified atom stereocenters. The number of nitrogens with zero attached hydrogens (tertiary/aromatic N) is 1. The van der Waals surface area contributed by atoms with Crippen LogP contribution in [0.4, 0.5) is 4.79 Å². The molecular weight excluding hydrogens is 330 g/mol. The lowest BCUT2D eigenvalue weighted by atomic mass is 10.2. The summed E-state index contributed by atoms with van der Waals surface area (Å²) in [7, 11) is 1.63. The Kier molecular flexibility index (Phi) is 6.05. The number of benzene rings is 1. The molecule has 1 aromatic carbocycles. The van der Waals surface area contributed by atoms with Gasteiger partial charge in [0.1, 0.15) is 6.61 Å². The van der Waals surface area contributed by atoms with E-state index in [-0.39, 0.29) is 24.9 Å². The Morgan fingerprint density at radius 3 is 2.77 bits per heavy atom. The predicted molar refractivity (Wildman–Crippen MR) is 82.2 cm³/mol. The topological polar surface area (TPSA) is 72.9 Å². The van der Waals surface area contributed by atoms with Crippen molar-refractivity contribution in [3.05, 3.63) is 35.9 Å². The van der Waals surface area contributed by atoms with Crippen molar-refractivity contribution < 1.29 is 22.7 Å². The second-order valence-electron chi connectivity index (χ2n) is 5.01. The summed E-state index contributed by atoms with van der Waals surface area (Å²) in [6.07, 6.45) is -0.508. The van der Waals surface area contributed by atoms with Gasteiger partial charge in [0.25, 0.3) is 0 Å². The highest BCUT2D eigenvalue weighted by molar-refractivity contribution is 8.13. The van der Waals surface area contributed by atoms with Gasteiger partial charge in [-0.2, -0.15) is 0 Å². The fraction of sp³-hybridized carbons (Fsp3) is 0.500. The first-order valence-corrected chi connectivity index (χ1v) is 9.41. The molecule has 122 valence electrons. The minimum atomic E-state index is -3.55. The van der Waals surface area contributed by atoms with E-state index in [2.05, 4.69) is 0 Å². The molecule has 1 aliphatic rings. The third-order valence-electron chi connectivity index (χ3n) is 3.29. The van der Waals surface area contributed by atoms with Crippen LogP contribution in [0.2, 0.25) is 0 Å². The molecule has 1 aliphatic heterocycles. The molecule has 22 heavy (non-hydrogen) atoms. The van der Waals surface area contributed by atoms with E-state index in [9.17, 15) is 13.2 Å². The van der Waals surface area contributed by atoms with Gasteiger partial charge in [-0.25, -0.2) is 13.2 Å². The van der Waals surface area contributed by atoms with E-state index >= 15 is 0 Å². The van der Waals surface area contributed by atoms with Crippen LogP contribution in [-0.2, 0) is 25.1 Å². The first-order valence-electron chi connectivity index (χ1n) is 6.93. The molecule has 0 aliphatic carbocycles. The lowest BCUT2D eigenvalue weighted by Crippen LogP contribution is -2.46. The molecule has 1 amide bonds. The molecule has 1 saturated heterocycles. The van der Waals surface area contributed by atoms with Crippen LogP contribution in [0.3, 0.4) is 0 Å². The Morgan fingerprint density at radius 2 is 2.09 bits per heavy atom. The van der Waals surface area contributed by atoms with Crippen molar-refractivity contribution in [1.82, 2.24) is 4.90 Å². The third-order valence-corrected chi connectivity index (χ3v) is 4.47. The molecule has 8 heteroatoms. The fourth-order valence-electron chi connectivity index (χ4n) is 2.14. The molecular formula is C14H18ClNO5S. The Bertz CT molecular complexity index is 593. The lowest BCUT2D eigenvalue weighted by Gasteiger charge is -2.32. The summed E-state index contributed by atoms with van der Waals surface area (Å²) in [5, 5.41) is 0. The van der Waals surface area contributed by atoms with Gasteiger partial charge in [0.15, 0.2) is 0 Å². The highest BCUT2D eigenvalue weighted by Gasteiger charge is 2.26. The number of halogens is 1. The van der Waals surface area contributed by atoms with Gasteiger partial charge in [0, 0.05) is 17.2 Å². The monoisotopic (exact) mass is 347 g/mol. The molecule has 0 radical (unpaired) electrons. The van der Waals surface area contributed by atoms with E-state index in [1.54, 1.807) is 0 Å². The maximum Gasteiger partial charge on any atom is 0.410 e. The summed E-state index contributed by atoms with van der Waals surface area (Å²) < 4.78 is 32.6. The molecule has 0 aromatic heterocycles. The second-order valence-corrected chi connectivity index (χ2v) is 7.91. The first kappa shape index (κ1) is 17.1. The number of carbonyl (C=O) groups is 1. The van der Waals surface area contributed by atoms with Gasteiger partial charge in [-0.15, -0.1) is 0 Å². The van der Waals surface area contributed by atoms with E-state index in [1.807, 2.05) is 30.3 Å². The van der Waals surface area contributed by atoms with E-state index in [0.29, 0.717) is 19.7 Å². The van der Waals surface area contributed by atoms with Crippen LogP contribution in [0.15, 0.2) is 30.3 Å². The number of carbonyl (C=O) groups excluding carboxylic acids is 1. The average molecular weight is 348 g/mol. The van der Waals surface area contributed by atoms with Crippen molar-refractivity contribution in [2.45, 2.75) is 19.1 Å². The molecule has 1 heterocycles. The maximum absolute atomic E-state index is 12.0. The Balaban J connectivity index is 1.79. The van der Waals surface area contributed by atoms with Crippen LogP contribution in [0.1, 0.15) is 12.0 Å². The zero-order valence-electron chi connectivity index (χ0n) is 12.0. The van der Waals surface area contributed by atoms with Crippen molar-refractivity contribution in [3.63, 3.8) is 0 Å². The number of hydrogen-bond donors (Lipinski definition) is 0. The molecule has 6 nitrogen and oxygen atoms in total. The zero-order valence-corrected chi connectivity index (χ0v) is 13.6. The largest absolute Gasteiger partial charge is 0.445 e. The van der Waals surface area contributed by atoms with Gasteiger partial charge >= 0.3 is 6.09 Å². The Hall–Kier alpha value is -1.31. The van der Waals surface area contributed by atoms with Crippen molar-refractivity contribution in [2.75, 3.05) is 25.4 Å². The Morgan fingerprint density at radius 1 is 1.36 bits per heavy atom. The van der Waals surface area contributed by atoms with Gasteiger partial charge in [-0.3, -0.25) is 0 Å². The minimum Gasteiger partial charge on any atom is -0.445 e. The average Bonchev–Trinajstić information content (AvgIpc) is 2.51. The Labute approximate surface area is 134 Å². The van der Waals surface area contributed by atoms with Crippen molar-refractivity contribution >= 4 is 25.8 Å². The normalized spacial score (nSPS) is 19.0. The minimum absolute atomic E-state index is 0.174. The number of rotatable bonds is 5. The van der Waals surface area contributed by atoms with Crippen LogP contribution < -0.4 is 0 Å². The van der Waals surface area contributed by atoms with Gasteiger partial charge in [0.05, 0.1) is 25.0 Å². The van der Waals surface area contributed by atoms with Gasteiger partial charge in [0.2, 0.25) is 9.05 Å². The molecule has 0 spiro atoms. The molecule has 1 fully saturated rings. The molecule has 1 atom stereocenters. The molecule has 0 bridgehead atoms. The molecule has 2 rings (SSSR count). The first-order chi connectivity index (χ1) is 10.4. The van der Waals surface area contributed by atoms with Gasteiger partial charge < -0.3 is 14.4 Å². The molecule has 0 N–H and O–H groups in total. The van der Waals surface area contributed by atoms with Crippen molar-refractivity contribution in [3.8, 4) is 0 Å². The molecule has 1 aromatic rings. The SMILES string of the molecule is O=C(OCc1ccccc1)N1CCOC(CCS(=O)(=O)Cl)C1. The maximum atomic E-state index is 12.0. The summed E-state index contributed by atoms with van der Waals surface area (Å²) in [5.74, 6) is -0.174. The summed E-state index contributed by atoms with van der Waals surface area (Å²) in [4.78, 5) is 13.5. The van der Waals surface area contributed by atoms with E-state index < -0.39 is 15.1 Å². The standard InChI is InChI=1S/C14H18ClNO5S/c15-22(18,19)9-6-13-10-16(7-8-20-13)14(17)21-11-12-4-2-1-3-5-12/h1-5,13H,6-11H2. The van der Waals surface area contributed by atoms with Crippen molar-refractivity contribution in [1.29, 1.82) is 0 Å². The van der Waals surface area contributed by atoms with Crippen LogP contribution in [0.5, 0.6) is 0 Å². The summed E-state index contributed by atoms with van der Waals surface area (Å²) in [6.45, 7) is 1.29. The smallest absolute Gasteiger partial charge is 0.410 e. The molecule has 0 saturated carbocycles. The quantitative estimate of drug-likeness (QED) is 0.761. The second kappa shape index (κ2) is 7.80. The van der Waals surface area contributed by atoms with Crippen LogP contribution in [0, 0.1) is 0 Å². The fourth-order valence-corrected chi connectivity index (χ4v) is 2.95. The predicted octanol–water partition coefficient (Wildman–Crippen LogP) is 1.98. The summed E-state index contributed by atoms with van der Waals surface area (Å²) >= 11 is 0. The van der Waals surface area contributed by atoms with Gasteiger partial charge in [-0.1, -0.05) is 30.3 Å². The highest BCUT2D eigenvalue weighted by Crippen LogP contribution is 2.13. The number of morpholine rings is 1. The van der Waals surface area contributed by atoms with Crippen molar-refractivity contribution in [2.24, 2.45) is 0 Å². The summed E-state index contributed by atoms with van der Waals surface area (Å²) in [5.41, 5.74) is 0.911. The van der Waals surface area contributed by atoms with E-state index in [0.717, 1.165) is 5.56 Å². The summed E-state index contributed by atoms with van der Waals surface area (Å²) in [6, 6.07) is 9.39. The van der Waals surface area contributed by atoms with Crippen LogP contribution in [-0.4, -0.2) is 51.0 Å². The van der Waals surface area contributed by atoms with E-state index in [1.165, 1.54) is 4.90 Å². The number of ether oxygens (including phenoxy) is 2. The zero-order chi connectivity index (χ0) is 16.0. The number of amides is 1. The highest BCUT2D eigenvalue weighted by atomic mass is 35.7.